The maximum Gasteiger partial charge on any atom is 0.382 e. The molecule has 0 fully saturated rings. The van der Waals surface area contributed by atoms with Crippen molar-refractivity contribution < 1.29 is 17.5 Å². The molecule has 0 unspecified atom stereocenters. The highest BCUT2D eigenvalue weighted by Crippen LogP contribution is 2.18. The number of benzene rings is 1. The van der Waals surface area contributed by atoms with Gasteiger partial charge in [0.1, 0.15) is 5.75 Å². The lowest BCUT2D eigenvalue weighted by atomic mass is 10.3. The van der Waals surface area contributed by atoms with Crippen molar-refractivity contribution in [1.29, 1.82) is 0 Å². The zero-order valence-corrected chi connectivity index (χ0v) is 8.52. The molecule has 1 aromatic rings. The van der Waals surface area contributed by atoms with Crippen LogP contribution in [0.2, 0.25) is 0 Å². The van der Waals surface area contributed by atoms with E-state index in [-0.39, 0.29) is 11.4 Å². The maximum absolute atomic E-state index is 10.9. The minimum absolute atomic E-state index is 0.00921. The summed E-state index contributed by atoms with van der Waals surface area (Å²) in [6.07, 6.45) is 0. The van der Waals surface area contributed by atoms with E-state index < -0.39 is 15.2 Å². The summed E-state index contributed by atoms with van der Waals surface area (Å²) in [7, 11) is -2.63. The van der Waals surface area contributed by atoms with Gasteiger partial charge in [0.15, 0.2) is 0 Å². The van der Waals surface area contributed by atoms with Gasteiger partial charge in [-0.25, -0.2) is 0 Å². The number of nitro groups is 1. The third-order valence-electron chi connectivity index (χ3n) is 1.50. The van der Waals surface area contributed by atoms with Gasteiger partial charge in [0.2, 0.25) is 0 Å². The monoisotopic (exact) mass is 232 g/mol. The molecule has 0 radical (unpaired) electrons. The lowest BCUT2D eigenvalue weighted by Gasteiger charge is -2.03. The maximum atomic E-state index is 10.9. The summed E-state index contributed by atoms with van der Waals surface area (Å²) in [5.74, 6) is 0.00921. The fourth-order valence-corrected chi connectivity index (χ4v) is 1.24. The second-order valence-corrected chi connectivity index (χ2v) is 3.98. The molecule has 0 aliphatic carbocycles. The third-order valence-corrected chi connectivity index (χ3v) is 2.42. The molecule has 0 aliphatic rings. The van der Waals surface area contributed by atoms with Gasteiger partial charge in [-0.2, -0.15) is 13.1 Å². The first-order valence-electron chi connectivity index (χ1n) is 3.82. The van der Waals surface area contributed by atoms with Crippen molar-refractivity contribution >= 4 is 16.0 Å². The molecule has 0 aliphatic heterocycles. The summed E-state index contributed by atoms with van der Waals surface area (Å²) >= 11 is 0. The van der Waals surface area contributed by atoms with Crippen molar-refractivity contribution in [3.63, 3.8) is 0 Å². The smallest absolute Gasteiger partial charge is 0.371 e. The van der Waals surface area contributed by atoms with Crippen LogP contribution in [-0.2, 0) is 10.3 Å². The highest BCUT2D eigenvalue weighted by Gasteiger charge is 2.10. The zero-order valence-electron chi connectivity index (χ0n) is 7.71. The topological polar surface area (TPSA) is 98.5 Å². The molecule has 0 spiro atoms. The van der Waals surface area contributed by atoms with Crippen molar-refractivity contribution in [3.05, 3.63) is 34.4 Å². The molecular weight excluding hydrogens is 224 g/mol. The summed E-state index contributed by atoms with van der Waals surface area (Å²) in [4.78, 5) is 9.70. The first-order chi connectivity index (χ1) is 6.94. The number of hydrogen-bond donors (Lipinski definition) is 1. The van der Waals surface area contributed by atoms with Crippen LogP contribution in [0.5, 0.6) is 5.75 Å². The highest BCUT2D eigenvalue weighted by molar-refractivity contribution is 7.85. The van der Waals surface area contributed by atoms with E-state index in [4.69, 9.17) is 0 Å². The van der Waals surface area contributed by atoms with E-state index in [0.717, 1.165) is 12.1 Å². The molecule has 0 heterocycles. The van der Waals surface area contributed by atoms with Gasteiger partial charge < -0.3 is 4.18 Å². The third kappa shape index (κ3) is 3.18. The molecule has 0 aromatic heterocycles. The molecule has 7 nitrogen and oxygen atoms in total. The molecule has 1 rings (SSSR count). The Balaban J connectivity index is 2.86. The molecular formula is C7H8N2O5S. The Morgan fingerprint density at radius 3 is 2.27 bits per heavy atom. The lowest BCUT2D eigenvalue weighted by molar-refractivity contribution is -0.384. The van der Waals surface area contributed by atoms with Gasteiger partial charge >= 0.3 is 10.3 Å². The molecule has 0 saturated carbocycles. The van der Waals surface area contributed by atoms with Crippen LogP contribution in [0.1, 0.15) is 0 Å². The normalized spacial score (nSPS) is 11.0. The molecule has 15 heavy (non-hydrogen) atoms. The Bertz CT molecular complexity index is 453. The zero-order chi connectivity index (χ0) is 11.5. The van der Waals surface area contributed by atoms with Crippen molar-refractivity contribution in [2.75, 3.05) is 7.05 Å². The Kier molecular flexibility index (Phi) is 3.22. The fourth-order valence-electron chi connectivity index (χ4n) is 0.792. The van der Waals surface area contributed by atoms with Crippen molar-refractivity contribution in [3.8, 4) is 5.75 Å². The minimum atomic E-state index is -3.83. The van der Waals surface area contributed by atoms with E-state index >= 15 is 0 Å². The van der Waals surface area contributed by atoms with E-state index in [1.807, 2.05) is 4.72 Å². The molecule has 0 amide bonds. The minimum Gasteiger partial charge on any atom is -0.371 e. The van der Waals surface area contributed by atoms with Crippen LogP contribution in [0.4, 0.5) is 5.69 Å². The molecule has 8 heteroatoms. The van der Waals surface area contributed by atoms with Gasteiger partial charge in [-0.1, -0.05) is 0 Å². The highest BCUT2D eigenvalue weighted by atomic mass is 32.2. The summed E-state index contributed by atoms with van der Waals surface area (Å²) in [6.45, 7) is 0. The average molecular weight is 232 g/mol. The molecule has 0 bridgehead atoms. The van der Waals surface area contributed by atoms with Gasteiger partial charge in [-0.3, -0.25) is 10.1 Å². The van der Waals surface area contributed by atoms with Crippen LogP contribution in [-0.4, -0.2) is 20.4 Å². The number of hydrogen-bond acceptors (Lipinski definition) is 5. The van der Waals surface area contributed by atoms with Crippen molar-refractivity contribution in [2.45, 2.75) is 0 Å². The van der Waals surface area contributed by atoms with Gasteiger partial charge in [0, 0.05) is 19.2 Å². The second kappa shape index (κ2) is 4.24. The Hall–Kier alpha value is -1.67. The Morgan fingerprint density at radius 2 is 1.87 bits per heavy atom. The number of nitrogens with zero attached hydrogens (tertiary/aromatic N) is 1. The van der Waals surface area contributed by atoms with Crippen LogP contribution >= 0.6 is 0 Å². The van der Waals surface area contributed by atoms with E-state index in [2.05, 4.69) is 4.18 Å². The van der Waals surface area contributed by atoms with Gasteiger partial charge in [0.05, 0.1) is 4.92 Å². The Morgan fingerprint density at radius 1 is 1.33 bits per heavy atom. The van der Waals surface area contributed by atoms with E-state index in [1.54, 1.807) is 0 Å². The van der Waals surface area contributed by atoms with Crippen LogP contribution in [0.3, 0.4) is 0 Å². The van der Waals surface area contributed by atoms with E-state index in [0.29, 0.717) is 0 Å². The molecule has 1 N–H and O–H groups in total. The van der Waals surface area contributed by atoms with Crippen molar-refractivity contribution in [1.82, 2.24) is 4.72 Å². The summed E-state index contributed by atoms with van der Waals surface area (Å²) in [5, 5.41) is 10.3. The molecule has 1 aromatic carbocycles. The fraction of sp³-hybridized carbons (Fsp3) is 0.143. The largest absolute Gasteiger partial charge is 0.382 e. The first kappa shape index (κ1) is 11.4. The van der Waals surface area contributed by atoms with Gasteiger partial charge in [-0.05, 0) is 12.1 Å². The van der Waals surface area contributed by atoms with E-state index in [1.165, 1.54) is 19.2 Å². The summed E-state index contributed by atoms with van der Waals surface area (Å²) < 4.78 is 28.3. The van der Waals surface area contributed by atoms with Gasteiger partial charge in [0.25, 0.3) is 5.69 Å². The first-order valence-corrected chi connectivity index (χ1v) is 5.23. The molecule has 0 atom stereocenters. The Labute approximate surface area is 86.1 Å². The van der Waals surface area contributed by atoms with Gasteiger partial charge in [-0.15, -0.1) is 0 Å². The SMILES string of the molecule is CNS(=O)(=O)Oc1ccc([N+](=O)[O-])cc1. The number of nitrogens with one attached hydrogen (secondary N) is 1. The van der Waals surface area contributed by atoms with Crippen LogP contribution < -0.4 is 8.91 Å². The summed E-state index contributed by atoms with van der Waals surface area (Å²) in [6, 6.07) is 4.71. The van der Waals surface area contributed by atoms with Crippen LogP contribution in [0.25, 0.3) is 0 Å². The van der Waals surface area contributed by atoms with Crippen LogP contribution in [0, 0.1) is 10.1 Å². The van der Waals surface area contributed by atoms with Crippen LogP contribution in [0.15, 0.2) is 24.3 Å². The molecule has 82 valence electrons. The second-order valence-electron chi connectivity index (χ2n) is 2.49. The van der Waals surface area contributed by atoms with Crippen molar-refractivity contribution in [2.24, 2.45) is 0 Å². The summed E-state index contributed by atoms with van der Waals surface area (Å²) in [5.41, 5.74) is -0.135. The standard InChI is InChI=1S/C7H8N2O5S/c1-8-15(12,13)14-7-4-2-6(3-5-7)9(10)11/h2-5,8H,1H3. The number of non-ortho nitro benzene ring substituents is 1. The lowest BCUT2D eigenvalue weighted by Crippen LogP contribution is -2.24. The predicted octanol–water partition coefficient (Wildman–Crippen LogP) is 0.438. The number of rotatable bonds is 4. The predicted molar refractivity (Wildman–Crippen MR) is 51.7 cm³/mol. The molecule has 0 saturated heterocycles. The average Bonchev–Trinajstić information content (AvgIpc) is 2.18. The number of nitro benzene ring substituents is 1. The van der Waals surface area contributed by atoms with E-state index in [9.17, 15) is 18.5 Å². The quantitative estimate of drug-likeness (QED) is 0.599.